The second kappa shape index (κ2) is 8.46. The summed E-state index contributed by atoms with van der Waals surface area (Å²) in [4.78, 5) is 0. The van der Waals surface area contributed by atoms with Gasteiger partial charge < -0.3 is 5.32 Å². The Hall–Kier alpha value is -1.49. The van der Waals surface area contributed by atoms with Gasteiger partial charge in [-0.15, -0.1) is 0 Å². The first-order valence-corrected chi connectivity index (χ1v) is 13.3. The number of anilines is 1. The first kappa shape index (κ1) is 21.4. The molecule has 5 rings (SSSR count). The molecule has 0 spiro atoms. The van der Waals surface area contributed by atoms with Crippen LogP contribution in [0, 0.1) is 58.2 Å². The average molecular weight is 419 g/mol. The van der Waals surface area contributed by atoms with Crippen molar-refractivity contribution in [2.24, 2.45) is 46.8 Å². The van der Waals surface area contributed by atoms with E-state index in [2.05, 4.69) is 38.2 Å². The number of rotatable bonds is 3. The highest BCUT2D eigenvalue weighted by molar-refractivity contribution is 5.49. The van der Waals surface area contributed by atoms with Gasteiger partial charge >= 0.3 is 0 Å². The molecule has 2 heteroatoms. The monoisotopic (exact) mass is 418 g/mol. The van der Waals surface area contributed by atoms with Crippen molar-refractivity contribution < 1.29 is 0 Å². The fraction of sp³-hybridized carbons (Fsp3) is 0.759. The third-order valence-corrected chi connectivity index (χ3v) is 10.5. The Morgan fingerprint density at radius 3 is 2.71 bits per heavy atom. The third kappa shape index (κ3) is 3.81. The standard InChI is InChI=1S/C29H42N2/c1-19-10-12-24-22(16-19)11-13-26-25(24)14-15-29(3)27(8-5-9-28(26)29)20(2)31-23-7-4-6-21(17-23)18-30/h4,6-7,17,19-20,22,24-28,31H,5,8-16H2,1-3H3. The van der Waals surface area contributed by atoms with Crippen LogP contribution in [0.3, 0.4) is 0 Å². The summed E-state index contributed by atoms with van der Waals surface area (Å²) in [6, 6.07) is 10.8. The Morgan fingerprint density at radius 1 is 1.03 bits per heavy atom. The fourth-order valence-electron chi connectivity index (χ4n) is 9.19. The Labute approximate surface area is 190 Å². The van der Waals surface area contributed by atoms with Gasteiger partial charge in [0.15, 0.2) is 0 Å². The van der Waals surface area contributed by atoms with Gasteiger partial charge in [-0.2, -0.15) is 5.26 Å². The molecule has 4 aliphatic rings. The van der Waals surface area contributed by atoms with Gasteiger partial charge in [0, 0.05) is 11.7 Å². The average Bonchev–Trinajstić information content (AvgIpc) is 2.77. The number of hydrogen-bond acceptors (Lipinski definition) is 2. The van der Waals surface area contributed by atoms with Crippen molar-refractivity contribution in [2.75, 3.05) is 5.32 Å². The van der Waals surface area contributed by atoms with Gasteiger partial charge in [-0.1, -0.05) is 32.8 Å². The van der Waals surface area contributed by atoms with E-state index in [0.29, 0.717) is 11.5 Å². The molecule has 4 saturated carbocycles. The number of nitriles is 1. The van der Waals surface area contributed by atoms with E-state index in [1.165, 1.54) is 64.2 Å². The van der Waals surface area contributed by atoms with E-state index in [0.717, 1.165) is 52.7 Å². The molecule has 2 nitrogen and oxygen atoms in total. The van der Waals surface area contributed by atoms with Gasteiger partial charge in [0.1, 0.15) is 0 Å². The minimum atomic E-state index is 0.463. The molecule has 9 atom stereocenters. The molecule has 4 fully saturated rings. The molecule has 0 aliphatic heterocycles. The Kier molecular flexibility index (Phi) is 5.83. The Balaban J connectivity index is 1.33. The lowest BCUT2D eigenvalue weighted by molar-refractivity contribution is -0.112. The zero-order valence-electron chi connectivity index (χ0n) is 19.9. The summed E-state index contributed by atoms with van der Waals surface area (Å²) in [6.45, 7) is 7.56. The number of nitrogens with zero attached hydrogens (tertiary/aromatic N) is 1. The van der Waals surface area contributed by atoms with Gasteiger partial charge in [-0.3, -0.25) is 0 Å². The number of fused-ring (bicyclic) bond motifs is 5. The lowest BCUT2D eigenvalue weighted by atomic mass is 9.44. The van der Waals surface area contributed by atoms with Crippen molar-refractivity contribution in [1.29, 1.82) is 5.26 Å². The molecule has 1 N–H and O–H groups in total. The van der Waals surface area contributed by atoms with Gasteiger partial charge in [0.25, 0.3) is 0 Å². The normalized spacial score (nSPS) is 43.0. The number of benzene rings is 1. The SMILES string of the molecule is CC1CCC2C(CCC3C2CCC2(C)C(C(C)Nc4cccc(C#N)c4)CCCC32)C1. The largest absolute Gasteiger partial charge is 0.382 e. The van der Waals surface area contributed by atoms with E-state index < -0.39 is 0 Å². The summed E-state index contributed by atoms with van der Waals surface area (Å²) in [7, 11) is 0. The van der Waals surface area contributed by atoms with E-state index in [4.69, 9.17) is 0 Å². The molecule has 31 heavy (non-hydrogen) atoms. The second-order valence-corrected chi connectivity index (χ2v) is 12.1. The molecule has 168 valence electrons. The summed E-state index contributed by atoms with van der Waals surface area (Å²) in [5.41, 5.74) is 2.35. The first-order chi connectivity index (χ1) is 15.0. The maximum Gasteiger partial charge on any atom is 0.0992 e. The van der Waals surface area contributed by atoms with Crippen LogP contribution >= 0.6 is 0 Å². The summed E-state index contributed by atoms with van der Waals surface area (Å²) in [6.07, 6.45) is 14.7. The molecule has 0 aromatic heterocycles. The van der Waals surface area contributed by atoms with Crippen molar-refractivity contribution in [3.05, 3.63) is 29.8 Å². The first-order valence-electron chi connectivity index (χ1n) is 13.3. The van der Waals surface area contributed by atoms with E-state index in [1.54, 1.807) is 0 Å². The zero-order valence-corrected chi connectivity index (χ0v) is 19.9. The van der Waals surface area contributed by atoms with E-state index >= 15 is 0 Å². The lowest BCUT2D eigenvalue weighted by Crippen LogP contribution is -2.55. The second-order valence-electron chi connectivity index (χ2n) is 12.1. The van der Waals surface area contributed by atoms with Crippen LogP contribution in [0.5, 0.6) is 0 Å². The molecule has 4 aliphatic carbocycles. The van der Waals surface area contributed by atoms with E-state index in [1.807, 2.05) is 18.2 Å². The molecule has 1 aromatic carbocycles. The van der Waals surface area contributed by atoms with Crippen molar-refractivity contribution in [3.63, 3.8) is 0 Å². The van der Waals surface area contributed by atoms with Crippen LogP contribution in [-0.2, 0) is 0 Å². The van der Waals surface area contributed by atoms with E-state index in [9.17, 15) is 5.26 Å². The highest BCUT2D eigenvalue weighted by Crippen LogP contribution is 2.63. The summed E-state index contributed by atoms with van der Waals surface area (Å²) < 4.78 is 0. The zero-order chi connectivity index (χ0) is 21.6. The predicted octanol–water partition coefficient (Wildman–Crippen LogP) is 7.65. The third-order valence-electron chi connectivity index (χ3n) is 10.5. The lowest BCUT2D eigenvalue weighted by Gasteiger charge is -2.61. The van der Waals surface area contributed by atoms with Crippen LogP contribution in [0.15, 0.2) is 24.3 Å². The van der Waals surface area contributed by atoms with Crippen LogP contribution in [0.2, 0.25) is 0 Å². The van der Waals surface area contributed by atoms with Crippen LogP contribution in [0.25, 0.3) is 0 Å². The van der Waals surface area contributed by atoms with Crippen molar-refractivity contribution >= 4 is 5.69 Å². The van der Waals surface area contributed by atoms with Gasteiger partial charge in [0.2, 0.25) is 0 Å². The van der Waals surface area contributed by atoms with Crippen molar-refractivity contribution in [1.82, 2.24) is 0 Å². The van der Waals surface area contributed by atoms with Crippen LogP contribution in [0.4, 0.5) is 5.69 Å². The highest BCUT2D eigenvalue weighted by atomic mass is 14.9. The molecule has 0 radical (unpaired) electrons. The van der Waals surface area contributed by atoms with Crippen molar-refractivity contribution in [3.8, 4) is 6.07 Å². The quantitative estimate of drug-likeness (QED) is 0.547. The number of nitrogens with one attached hydrogen (secondary N) is 1. The molecule has 0 heterocycles. The highest BCUT2D eigenvalue weighted by Gasteiger charge is 2.56. The Bertz CT molecular complexity index is 824. The maximum atomic E-state index is 9.27. The van der Waals surface area contributed by atoms with Crippen LogP contribution in [-0.4, -0.2) is 6.04 Å². The van der Waals surface area contributed by atoms with E-state index in [-0.39, 0.29) is 0 Å². The van der Waals surface area contributed by atoms with Crippen molar-refractivity contribution in [2.45, 2.75) is 91.0 Å². The minimum absolute atomic E-state index is 0.463. The molecule has 0 saturated heterocycles. The molecule has 1 aromatic rings. The minimum Gasteiger partial charge on any atom is -0.382 e. The van der Waals surface area contributed by atoms with Gasteiger partial charge in [-0.05, 0) is 123 Å². The summed E-state index contributed by atoms with van der Waals surface area (Å²) in [5, 5.41) is 13.1. The molecular formula is C29H42N2. The fourth-order valence-corrected chi connectivity index (χ4v) is 9.19. The molecular weight excluding hydrogens is 376 g/mol. The van der Waals surface area contributed by atoms with Gasteiger partial charge in [-0.25, -0.2) is 0 Å². The Morgan fingerprint density at radius 2 is 1.87 bits per heavy atom. The predicted molar refractivity (Wildman–Crippen MR) is 129 cm³/mol. The summed E-state index contributed by atoms with van der Waals surface area (Å²) in [5.74, 6) is 6.74. The topological polar surface area (TPSA) is 35.8 Å². The maximum absolute atomic E-state index is 9.27. The number of hydrogen-bond donors (Lipinski definition) is 1. The molecule has 9 unspecified atom stereocenters. The van der Waals surface area contributed by atoms with Crippen LogP contribution in [0.1, 0.15) is 90.5 Å². The molecule has 0 amide bonds. The van der Waals surface area contributed by atoms with Crippen LogP contribution < -0.4 is 5.32 Å². The molecule has 0 bridgehead atoms. The summed E-state index contributed by atoms with van der Waals surface area (Å²) >= 11 is 0. The van der Waals surface area contributed by atoms with Gasteiger partial charge in [0.05, 0.1) is 11.6 Å². The smallest absolute Gasteiger partial charge is 0.0992 e.